The molecule has 0 N–H and O–H groups in total. The predicted molar refractivity (Wildman–Crippen MR) is 124 cm³/mol. The molecule has 2 fully saturated rings. The van der Waals surface area contributed by atoms with E-state index in [4.69, 9.17) is 4.74 Å². The van der Waals surface area contributed by atoms with Crippen LogP contribution in [0, 0.1) is 0 Å². The number of methoxy groups -OCH3 is 1. The Labute approximate surface area is 186 Å². The smallest absolute Gasteiger partial charge is 0.237 e. The van der Waals surface area contributed by atoms with Gasteiger partial charge in [-0.1, -0.05) is 60.7 Å². The molecule has 2 aromatic rings. The summed E-state index contributed by atoms with van der Waals surface area (Å²) >= 11 is 0. The Morgan fingerprint density at radius 3 is 2.19 bits per heavy atom. The van der Waals surface area contributed by atoms with Crippen molar-refractivity contribution in [1.82, 2.24) is 14.7 Å². The number of likely N-dealkylation sites (tertiary alicyclic amines) is 1. The molecule has 0 aromatic heterocycles. The normalized spacial score (nSPS) is 21.9. The Kier molecular flexibility index (Phi) is 7.73. The first-order valence-corrected chi connectivity index (χ1v) is 11.6. The van der Waals surface area contributed by atoms with Crippen molar-refractivity contribution in [3.63, 3.8) is 0 Å². The van der Waals surface area contributed by atoms with E-state index in [-0.39, 0.29) is 12.0 Å². The highest BCUT2D eigenvalue weighted by atomic mass is 16.5. The molecule has 0 aliphatic carbocycles. The molecule has 31 heavy (non-hydrogen) atoms. The number of carbonyl (C=O) groups excluding carboxylic acids is 1. The summed E-state index contributed by atoms with van der Waals surface area (Å²) < 4.78 is 5.77. The first-order chi connectivity index (χ1) is 15.2. The third-order valence-electron chi connectivity index (χ3n) is 6.74. The standard InChI is InChI=1S/C26H35N3O2/c1-31-25-19-28(21-26(30)29(20-25)18-23-10-6-3-7-11-23)24-13-16-27(17-14-24)15-12-22-8-4-2-5-9-22/h2-11,24-25H,12-21H2,1H3/t25-/m0/s1. The molecule has 166 valence electrons. The topological polar surface area (TPSA) is 36.0 Å². The van der Waals surface area contributed by atoms with Gasteiger partial charge in [0.1, 0.15) is 0 Å². The quantitative estimate of drug-likeness (QED) is 0.689. The van der Waals surface area contributed by atoms with Gasteiger partial charge in [0.15, 0.2) is 0 Å². The number of nitrogens with zero attached hydrogens (tertiary/aromatic N) is 3. The second-order valence-electron chi connectivity index (χ2n) is 8.86. The van der Waals surface area contributed by atoms with Gasteiger partial charge in [-0.25, -0.2) is 0 Å². The fourth-order valence-electron chi connectivity index (χ4n) is 4.83. The molecule has 0 unspecified atom stereocenters. The number of amides is 1. The predicted octanol–water partition coefficient (Wildman–Crippen LogP) is 3.05. The zero-order valence-corrected chi connectivity index (χ0v) is 18.7. The van der Waals surface area contributed by atoms with Crippen molar-refractivity contribution < 1.29 is 9.53 Å². The largest absolute Gasteiger partial charge is 0.378 e. The Morgan fingerprint density at radius 1 is 0.903 bits per heavy atom. The van der Waals surface area contributed by atoms with E-state index in [1.807, 2.05) is 23.1 Å². The average molecular weight is 422 g/mol. The molecular formula is C26H35N3O2. The van der Waals surface area contributed by atoms with Crippen molar-refractivity contribution >= 4 is 5.91 Å². The van der Waals surface area contributed by atoms with Crippen molar-refractivity contribution in [1.29, 1.82) is 0 Å². The van der Waals surface area contributed by atoms with Crippen LogP contribution in [0.2, 0.25) is 0 Å². The van der Waals surface area contributed by atoms with E-state index in [0.29, 0.717) is 25.7 Å². The Morgan fingerprint density at radius 2 is 1.55 bits per heavy atom. The summed E-state index contributed by atoms with van der Waals surface area (Å²) in [5.41, 5.74) is 2.58. The van der Waals surface area contributed by atoms with Crippen molar-refractivity contribution in [3.05, 3.63) is 71.8 Å². The van der Waals surface area contributed by atoms with Crippen LogP contribution in [-0.2, 0) is 22.5 Å². The van der Waals surface area contributed by atoms with Crippen LogP contribution in [0.5, 0.6) is 0 Å². The van der Waals surface area contributed by atoms with Crippen molar-refractivity contribution in [3.8, 4) is 0 Å². The van der Waals surface area contributed by atoms with E-state index >= 15 is 0 Å². The number of ether oxygens (including phenoxy) is 1. The fraction of sp³-hybridized carbons (Fsp3) is 0.500. The molecule has 0 radical (unpaired) electrons. The molecule has 2 heterocycles. The number of piperidine rings is 1. The van der Waals surface area contributed by atoms with Crippen LogP contribution < -0.4 is 0 Å². The zero-order chi connectivity index (χ0) is 21.5. The number of rotatable bonds is 7. The van der Waals surface area contributed by atoms with Gasteiger partial charge in [-0.3, -0.25) is 9.69 Å². The summed E-state index contributed by atoms with van der Waals surface area (Å²) in [5, 5.41) is 0. The summed E-state index contributed by atoms with van der Waals surface area (Å²) in [6, 6.07) is 21.4. The van der Waals surface area contributed by atoms with Gasteiger partial charge in [-0.05, 0) is 43.5 Å². The SMILES string of the molecule is CO[C@@H]1CN(Cc2ccccc2)C(=O)CN(C2CCN(CCc3ccccc3)CC2)C1. The van der Waals surface area contributed by atoms with E-state index in [1.54, 1.807) is 7.11 Å². The molecule has 4 rings (SSSR count). The Hall–Kier alpha value is -2.21. The third kappa shape index (κ3) is 6.16. The van der Waals surface area contributed by atoms with E-state index < -0.39 is 0 Å². The second kappa shape index (κ2) is 10.9. The molecule has 2 aromatic carbocycles. The van der Waals surface area contributed by atoms with E-state index in [2.05, 4.69) is 52.3 Å². The summed E-state index contributed by atoms with van der Waals surface area (Å²) in [7, 11) is 1.77. The van der Waals surface area contributed by atoms with Crippen molar-refractivity contribution in [2.45, 2.75) is 38.0 Å². The molecule has 5 nitrogen and oxygen atoms in total. The van der Waals surface area contributed by atoms with E-state index in [9.17, 15) is 4.79 Å². The fourth-order valence-corrected chi connectivity index (χ4v) is 4.83. The lowest BCUT2D eigenvalue weighted by Crippen LogP contribution is -2.48. The summed E-state index contributed by atoms with van der Waals surface area (Å²) in [6.07, 6.45) is 3.41. The highest BCUT2D eigenvalue weighted by Gasteiger charge is 2.33. The van der Waals surface area contributed by atoms with E-state index in [1.165, 1.54) is 11.1 Å². The average Bonchev–Trinajstić information content (AvgIpc) is 2.98. The van der Waals surface area contributed by atoms with Crippen LogP contribution in [0.1, 0.15) is 24.0 Å². The second-order valence-corrected chi connectivity index (χ2v) is 8.86. The molecule has 0 saturated carbocycles. The van der Waals surface area contributed by atoms with Crippen molar-refractivity contribution in [2.75, 3.05) is 46.4 Å². The summed E-state index contributed by atoms with van der Waals surface area (Å²) in [5.74, 6) is 0.218. The van der Waals surface area contributed by atoms with Crippen LogP contribution in [0.25, 0.3) is 0 Å². The molecule has 0 bridgehead atoms. The Bertz CT molecular complexity index is 806. The molecule has 2 aliphatic heterocycles. The molecule has 0 spiro atoms. The van der Waals surface area contributed by atoms with Gasteiger partial charge >= 0.3 is 0 Å². The number of hydrogen-bond acceptors (Lipinski definition) is 4. The molecule has 1 amide bonds. The zero-order valence-electron chi connectivity index (χ0n) is 18.7. The monoisotopic (exact) mass is 421 g/mol. The van der Waals surface area contributed by atoms with Gasteiger partial charge in [0, 0.05) is 39.3 Å². The lowest BCUT2D eigenvalue weighted by atomic mass is 10.0. The third-order valence-corrected chi connectivity index (χ3v) is 6.74. The lowest BCUT2D eigenvalue weighted by Gasteiger charge is -2.38. The maximum atomic E-state index is 13.1. The summed E-state index contributed by atoms with van der Waals surface area (Å²) in [4.78, 5) is 20.0. The highest BCUT2D eigenvalue weighted by Crippen LogP contribution is 2.21. The lowest BCUT2D eigenvalue weighted by molar-refractivity contribution is -0.132. The van der Waals surface area contributed by atoms with Crippen LogP contribution in [0.3, 0.4) is 0 Å². The highest BCUT2D eigenvalue weighted by molar-refractivity contribution is 5.78. The van der Waals surface area contributed by atoms with Gasteiger partial charge in [0.25, 0.3) is 0 Å². The van der Waals surface area contributed by atoms with E-state index in [0.717, 1.165) is 45.4 Å². The minimum atomic E-state index is 0.0614. The van der Waals surface area contributed by atoms with Gasteiger partial charge < -0.3 is 14.5 Å². The van der Waals surface area contributed by atoms with Crippen LogP contribution in [0.15, 0.2) is 60.7 Å². The molecular weight excluding hydrogens is 386 g/mol. The first kappa shape index (κ1) is 22.0. The molecule has 5 heteroatoms. The maximum absolute atomic E-state index is 13.1. The maximum Gasteiger partial charge on any atom is 0.237 e. The van der Waals surface area contributed by atoms with Crippen molar-refractivity contribution in [2.24, 2.45) is 0 Å². The number of benzene rings is 2. The number of hydrogen-bond donors (Lipinski definition) is 0. The van der Waals surface area contributed by atoms with Gasteiger partial charge in [0.05, 0.1) is 12.6 Å². The van der Waals surface area contributed by atoms with Crippen LogP contribution >= 0.6 is 0 Å². The van der Waals surface area contributed by atoms with Crippen LogP contribution in [0.4, 0.5) is 0 Å². The first-order valence-electron chi connectivity index (χ1n) is 11.6. The molecule has 2 saturated heterocycles. The minimum Gasteiger partial charge on any atom is -0.378 e. The summed E-state index contributed by atoms with van der Waals surface area (Å²) in [6.45, 7) is 5.98. The number of carbonyl (C=O) groups is 1. The van der Waals surface area contributed by atoms with Gasteiger partial charge in [-0.15, -0.1) is 0 Å². The Balaban J connectivity index is 1.30. The molecule has 2 aliphatic rings. The minimum absolute atomic E-state index is 0.0614. The van der Waals surface area contributed by atoms with Gasteiger partial charge in [-0.2, -0.15) is 0 Å². The van der Waals surface area contributed by atoms with Gasteiger partial charge in [0.2, 0.25) is 5.91 Å². The van der Waals surface area contributed by atoms with Crippen LogP contribution in [-0.4, -0.2) is 79.1 Å². The molecule has 1 atom stereocenters.